The molecule has 1 aliphatic carbocycles. The van der Waals surface area contributed by atoms with Gasteiger partial charge in [0.15, 0.2) is 5.58 Å². The number of benzene rings is 1. The van der Waals surface area contributed by atoms with E-state index >= 15 is 0 Å². The minimum absolute atomic E-state index is 0.139. The van der Waals surface area contributed by atoms with Crippen LogP contribution in [0.3, 0.4) is 0 Å². The molecule has 3 rings (SSSR count). The van der Waals surface area contributed by atoms with Crippen LogP contribution in [0, 0.1) is 0 Å². The molecule has 2 aromatic rings. The van der Waals surface area contributed by atoms with Gasteiger partial charge in [0.1, 0.15) is 5.69 Å². The fourth-order valence-corrected chi connectivity index (χ4v) is 3.97. The maximum absolute atomic E-state index is 12.1. The first kappa shape index (κ1) is 15.4. The zero-order chi connectivity index (χ0) is 15.6. The topological polar surface area (TPSA) is 75.4 Å². The minimum atomic E-state index is -0.762. The van der Waals surface area contributed by atoms with Crippen LogP contribution in [0.25, 0.3) is 11.0 Å². The molecule has 1 aromatic heterocycles. The average Bonchev–Trinajstić information content (AvgIpc) is 2.92. The lowest BCUT2D eigenvalue weighted by Crippen LogP contribution is -2.57. The number of amides is 1. The normalized spacial score (nSPS) is 24.2. The molecule has 22 heavy (non-hydrogen) atoms. The summed E-state index contributed by atoms with van der Waals surface area (Å²) in [4.78, 5) is 12.1. The van der Waals surface area contributed by atoms with E-state index in [1.165, 1.54) is 0 Å². The number of aliphatic hydroxyl groups is 1. The molecular weight excluding hydrogens is 300 g/mol. The molecule has 1 amide bonds. The van der Waals surface area contributed by atoms with E-state index in [0.717, 1.165) is 24.0 Å². The smallest absolute Gasteiger partial charge is 0.226 e. The van der Waals surface area contributed by atoms with Gasteiger partial charge in [-0.05, 0) is 30.7 Å². The highest BCUT2D eigenvalue weighted by atomic mass is 32.2. The van der Waals surface area contributed by atoms with E-state index in [4.69, 9.17) is 4.52 Å². The van der Waals surface area contributed by atoms with Crippen molar-refractivity contribution in [3.8, 4) is 0 Å². The summed E-state index contributed by atoms with van der Waals surface area (Å²) in [6.45, 7) is 2.39. The molecule has 2 unspecified atom stereocenters. The molecule has 118 valence electrons. The fourth-order valence-electron chi connectivity index (χ4n) is 2.77. The van der Waals surface area contributed by atoms with Crippen LogP contribution in [-0.4, -0.2) is 39.3 Å². The standard InChI is InChI=1S/C16H20N2O3S/c1-2-22-14-7-8-16(14,20)10-17-15(19)9-12-11-5-3-4-6-13(11)21-18-12/h3-6,14,20H,2,7-10H2,1H3,(H,17,19). The van der Waals surface area contributed by atoms with Crippen molar-refractivity contribution in [3.63, 3.8) is 0 Å². The maximum Gasteiger partial charge on any atom is 0.226 e. The lowest BCUT2D eigenvalue weighted by atomic mass is 9.79. The number of hydrogen-bond donors (Lipinski definition) is 2. The van der Waals surface area contributed by atoms with Gasteiger partial charge < -0.3 is 14.9 Å². The van der Waals surface area contributed by atoms with Gasteiger partial charge in [-0.1, -0.05) is 24.2 Å². The van der Waals surface area contributed by atoms with Crippen LogP contribution in [0.4, 0.5) is 0 Å². The molecule has 0 saturated heterocycles. The molecule has 0 aliphatic heterocycles. The second kappa shape index (κ2) is 6.30. The Balaban J connectivity index is 1.57. The van der Waals surface area contributed by atoms with E-state index in [1.807, 2.05) is 24.3 Å². The molecule has 0 radical (unpaired) electrons. The van der Waals surface area contributed by atoms with Crippen LogP contribution in [0.2, 0.25) is 0 Å². The molecule has 6 heteroatoms. The fraction of sp³-hybridized carbons (Fsp3) is 0.500. The van der Waals surface area contributed by atoms with E-state index in [9.17, 15) is 9.90 Å². The number of carbonyl (C=O) groups excluding carboxylic acids is 1. The van der Waals surface area contributed by atoms with E-state index in [0.29, 0.717) is 17.8 Å². The van der Waals surface area contributed by atoms with Crippen LogP contribution in [0.5, 0.6) is 0 Å². The number of aromatic nitrogens is 1. The van der Waals surface area contributed by atoms with Crippen molar-refractivity contribution < 1.29 is 14.4 Å². The third-order valence-electron chi connectivity index (χ3n) is 4.18. The molecule has 0 spiro atoms. The van der Waals surface area contributed by atoms with Gasteiger partial charge in [0, 0.05) is 17.2 Å². The quantitative estimate of drug-likeness (QED) is 0.853. The van der Waals surface area contributed by atoms with Gasteiger partial charge >= 0.3 is 0 Å². The molecule has 1 saturated carbocycles. The Morgan fingerprint density at radius 1 is 1.55 bits per heavy atom. The van der Waals surface area contributed by atoms with Gasteiger partial charge in [-0.15, -0.1) is 0 Å². The Kier molecular flexibility index (Phi) is 4.40. The summed E-state index contributed by atoms with van der Waals surface area (Å²) in [7, 11) is 0. The second-order valence-electron chi connectivity index (χ2n) is 5.67. The van der Waals surface area contributed by atoms with E-state index in [-0.39, 0.29) is 17.6 Å². The number of para-hydroxylation sites is 1. The largest absolute Gasteiger partial charge is 0.387 e. The first-order valence-electron chi connectivity index (χ1n) is 7.56. The Morgan fingerprint density at radius 2 is 2.36 bits per heavy atom. The van der Waals surface area contributed by atoms with Crippen LogP contribution in [0.15, 0.2) is 28.8 Å². The summed E-state index contributed by atoms with van der Waals surface area (Å²) in [5.74, 6) is 0.839. The van der Waals surface area contributed by atoms with Crippen LogP contribution in [0.1, 0.15) is 25.5 Å². The van der Waals surface area contributed by atoms with Gasteiger partial charge in [-0.25, -0.2) is 0 Å². The van der Waals surface area contributed by atoms with Gasteiger partial charge in [-0.3, -0.25) is 4.79 Å². The molecule has 1 fully saturated rings. The molecule has 2 N–H and O–H groups in total. The highest BCUT2D eigenvalue weighted by Gasteiger charge is 2.45. The van der Waals surface area contributed by atoms with Crippen molar-refractivity contribution in [2.45, 2.75) is 37.0 Å². The van der Waals surface area contributed by atoms with Crippen molar-refractivity contribution in [2.24, 2.45) is 0 Å². The lowest BCUT2D eigenvalue weighted by molar-refractivity contribution is -0.122. The molecular formula is C16H20N2O3S. The Morgan fingerprint density at radius 3 is 3.09 bits per heavy atom. The third kappa shape index (κ3) is 2.98. The number of nitrogens with one attached hydrogen (secondary N) is 1. The van der Waals surface area contributed by atoms with Gasteiger partial charge in [0.25, 0.3) is 0 Å². The van der Waals surface area contributed by atoms with Gasteiger partial charge in [0.05, 0.1) is 12.0 Å². The minimum Gasteiger partial charge on any atom is -0.387 e. The highest BCUT2D eigenvalue weighted by Crippen LogP contribution is 2.40. The zero-order valence-corrected chi connectivity index (χ0v) is 13.4. The number of nitrogens with zero attached hydrogens (tertiary/aromatic N) is 1. The summed E-state index contributed by atoms with van der Waals surface area (Å²) in [5, 5.41) is 18.4. The van der Waals surface area contributed by atoms with Gasteiger partial charge in [-0.2, -0.15) is 11.8 Å². The summed E-state index contributed by atoms with van der Waals surface area (Å²) in [6, 6.07) is 7.48. The molecule has 1 aromatic carbocycles. The zero-order valence-electron chi connectivity index (χ0n) is 12.5. The second-order valence-corrected chi connectivity index (χ2v) is 7.14. The van der Waals surface area contributed by atoms with Crippen LogP contribution < -0.4 is 5.32 Å². The summed E-state index contributed by atoms with van der Waals surface area (Å²) >= 11 is 1.76. The molecule has 1 heterocycles. The van der Waals surface area contributed by atoms with E-state index in [2.05, 4.69) is 17.4 Å². The Labute approximate surface area is 133 Å². The van der Waals surface area contributed by atoms with Crippen molar-refractivity contribution >= 4 is 28.6 Å². The van der Waals surface area contributed by atoms with Crippen LogP contribution >= 0.6 is 11.8 Å². The summed E-state index contributed by atoms with van der Waals surface area (Å²) in [5.41, 5.74) is 0.554. The Bertz CT molecular complexity index is 672. The third-order valence-corrected chi connectivity index (χ3v) is 5.59. The molecule has 1 aliphatic rings. The van der Waals surface area contributed by atoms with Crippen molar-refractivity contribution in [1.29, 1.82) is 0 Å². The SMILES string of the molecule is CCSC1CCC1(O)CNC(=O)Cc1noc2ccccc12. The average molecular weight is 320 g/mol. The van der Waals surface area contributed by atoms with Crippen LogP contribution in [-0.2, 0) is 11.2 Å². The number of hydrogen-bond acceptors (Lipinski definition) is 5. The van der Waals surface area contributed by atoms with Gasteiger partial charge in [0.2, 0.25) is 5.91 Å². The number of carbonyl (C=O) groups is 1. The predicted octanol–water partition coefficient (Wildman–Crippen LogP) is 2.13. The van der Waals surface area contributed by atoms with Crippen molar-refractivity contribution in [3.05, 3.63) is 30.0 Å². The molecule has 2 atom stereocenters. The van der Waals surface area contributed by atoms with E-state index in [1.54, 1.807) is 11.8 Å². The predicted molar refractivity (Wildman–Crippen MR) is 86.8 cm³/mol. The molecule has 5 nitrogen and oxygen atoms in total. The number of fused-ring (bicyclic) bond motifs is 1. The number of thioether (sulfide) groups is 1. The van der Waals surface area contributed by atoms with Crippen molar-refractivity contribution in [1.82, 2.24) is 10.5 Å². The van der Waals surface area contributed by atoms with E-state index < -0.39 is 5.60 Å². The number of rotatable bonds is 6. The summed E-state index contributed by atoms with van der Waals surface area (Å²) < 4.78 is 5.19. The molecule has 0 bridgehead atoms. The first-order valence-corrected chi connectivity index (χ1v) is 8.61. The first-order chi connectivity index (χ1) is 10.6. The van der Waals surface area contributed by atoms with Crippen molar-refractivity contribution in [2.75, 3.05) is 12.3 Å². The maximum atomic E-state index is 12.1. The monoisotopic (exact) mass is 320 g/mol. The summed E-state index contributed by atoms with van der Waals surface area (Å²) in [6.07, 6.45) is 1.93. The lowest BCUT2D eigenvalue weighted by Gasteiger charge is -2.45. The highest BCUT2D eigenvalue weighted by molar-refractivity contribution is 8.00. The Hall–Kier alpha value is -1.53.